The van der Waals surface area contributed by atoms with Crippen LogP contribution in [0.2, 0.25) is 0 Å². The van der Waals surface area contributed by atoms with Crippen LogP contribution in [0.3, 0.4) is 0 Å². The Hall–Kier alpha value is -2.54. The Morgan fingerprint density at radius 1 is 1.12 bits per heavy atom. The predicted molar refractivity (Wildman–Crippen MR) is 89.0 cm³/mol. The first-order chi connectivity index (χ1) is 11.8. The summed E-state index contributed by atoms with van der Waals surface area (Å²) in [4.78, 5) is 14.1. The molecular formula is C18H19F3N2O2. The van der Waals surface area contributed by atoms with Crippen LogP contribution in [0.25, 0.3) is 0 Å². The number of carbonyl (C=O) groups excluding carboxylic acids is 1. The molecule has 2 aromatic rings. The minimum atomic E-state index is -2.89. The summed E-state index contributed by atoms with van der Waals surface area (Å²) in [5.74, 6) is -0.530. The summed E-state index contributed by atoms with van der Waals surface area (Å²) in [6, 6.07) is 11.3. The van der Waals surface area contributed by atoms with Crippen LogP contribution < -0.4 is 10.1 Å². The third kappa shape index (κ3) is 5.79. The molecule has 0 bridgehead atoms. The van der Waals surface area contributed by atoms with Crippen molar-refractivity contribution in [3.8, 4) is 5.75 Å². The molecule has 0 aliphatic carbocycles. The van der Waals surface area contributed by atoms with Crippen molar-refractivity contribution in [2.24, 2.45) is 0 Å². The van der Waals surface area contributed by atoms with E-state index in [0.29, 0.717) is 12.2 Å². The third-order valence-corrected chi connectivity index (χ3v) is 3.73. The molecule has 7 heteroatoms. The fraction of sp³-hybridized carbons (Fsp3) is 0.278. The Kier molecular flexibility index (Phi) is 6.41. The van der Waals surface area contributed by atoms with Crippen LogP contribution in [-0.4, -0.2) is 30.5 Å². The SMILES string of the molecule is CC(C(=O)Nc1ccc(OC(F)F)cc1)N(C)Cc1ccc(F)cc1. The van der Waals surface area contributed by atoms with E-state index in [-0.39, 0.29) is 17.5 Å². The van der Waals surface area contributed by atoms with Gasteiger partial charge in [0.05, 0.1) is 6.04 Å². The number of halogens is 3. The van der Waals surface area contributed by atoms with Gasteiger partial charge in [-0.05, 0) is 55.9 Å². The second-order valence-corrected chi connectivity index (χ2v) is 5.61. The van der Waals surface area contributed by atoms with Gasteiger partial charge in [0.25, 0.3) is 0 Å². The van der Waals surface area contributed by atoms with Crippen molar-refractivity contribution in [2.45, 2.75) is 26.1 Å². The Morgan fingerprint density at radius 3 is 2.28 bits per heavy atom. The van der Waals surface area contributed by atoms with Crippen LogP contribution in [0, 0.1) is 5.82 Å². The maximum absolute atomic E-state index is 12.9. The summed E-state index contributed by atoms with van der Waals surface area (Å²) < 4.78 is 41.4. The van der Waals surface area contributed by atoms with Crippen molar-refractivity contribution in [2.75, 3.05) is 12.4 Å². The molecule has 0 aromatic heterocycles. The molecule has 1 unspecified atom stereocenters. The summed E-state index contributed by atoms with van der Waals surface area (Å²) in [6.07, 6.45) is 0. The van der Waals surface area contributed by atoms with E-state index >= 15 is 0 Å². The van der Waals surface area contributed by atoms with E-state index in [0.717, 1.165) is 5.56 Å². The number of alkyl halides is 2. The monoisotopic (exact) mass is 352 g/mol. The number of nitrogens with zero attached hydrogens (tertiary/aromatic N) is 1. The third-order valence-electron chi connectivity index (χ3n) is 3.73. The molecule has 0 radical (unpaired) electrons. The van der Waals surface area contributed by atoms with Crippen molar-refractivity contribution in [1.29, 1.82) is 0 Å². The van der Waals surface area contributed by atoms with E-state index in [1.165, 1.54) is 36.4 Å². The Labute approximate surface area is 144 Å². The number of benzene rings is 2. The van der Waals surface area contributed by atoms with Gasteiger partial charge < -0.3 is 10.1 Å². The molecule has 4 nitrogen and oxygen atoms in total. The average molecular weight is 352 g/mol. The second-order valence-electron chi connectivity index (χ2n) is 5.61. The quantitative estimate of drug-likeness (QED) is 0.822. The number of hydrogen-bond acceptors (Lipinski definition) is 3. The lowest BCUT2D eigenvalue weighted by molar-refractivity contribution is -0.120. The highest BCUT2D eigenvalue weighted by molar-refractivity contribution is 5.94. The van der Waals surface area contributed by atoms with Crippen LogP contribution in [0.5, 0.6) is 5.75 Å². The highest BCUT2D eigenvalue weighted by atomic mass is 19.3. The average Bonchev–Trinajstić information content (AvgIpc) is 2.57. The van der Waals surface area contributed by atoms with Gasteiger partial charge in [0.1, 0.15) is 11.6 Å². The molecule has 2 rings (SSSR count). The second kappa shape index (κ2) is 8.53. The number of hydrogen-bond donors (Lipinski definition) is 1. The van der Waals surface area contributed by atoms with Gasteiger partial charge in [0.15, 0.2) is 0 Å². The predicted octanol–water partition coefficient (Wildman–Crippen LogP) is 3.89. The van der Waals surface area contributed by atoms with Crippen LogP contribution in [0.4, 0.5) is 18.9 Å². The first kappa shape index (κ1) is 18.8. The Morgan fingerprint density at radius 2 is 1.72 bits per heavy atom. The van der Waals surface area contributed by atoms with Gasteiger partial charge >= 0.3 is 6.61 Å². The summed E-state index contributed by atoms with van der Waals surface area (Å²) in [5, 5.41) is 2.71. The van der Waals surface area contributed by atoms with Gasteiger partial charge in [-0.2, -0.15) is 8.78 Å². The van der Waals surface area contributed by atoms with Gasteiger partial charge in [-0.3, -0.25) is 9.69 Å². The first-order valence-corrected chi connectivity index (χ1v) is 7.65. The highest BCUT2D eigenvalue weighted by Gasteiger charge is 2.18. The molecule has 25 heavy (non-hydrogen) atoms. The molecule has 0 saturated carbocycles. The van der Waals surface area contributed by atoms with E-state index in [1.807, 2.05) is 4.90 Å². The topological polar surface area (TPSA) is 41.6 Å². The van der Waals surface area contributed by atoms with Crippen LogP contribution in [-0.2, 0) is 11.3 Å². The number of ether oxygens (including phenoxy) is 1. The van der Waals surface area contributed by atoms with Gasteiger partial charge in [0.2, 0.25) is 5.91 Å². The molecule has 0 fully saturated rings. The lowest BCUT2D eigenvalue weighted by Gasteiger charge is -2.24. The number of carbonyl (C=O) groups is 1. The molecule has 0 saturated heterocycles. The van der Waals surface area contributed by atoms with Crippen molar-refractivity contribution >= 4 is 11.6 Å². The Balaban J connectivity index is 1.91. The number of nitrogens with one attached hydrogen (secondary N) is 1. The number of likely N-dealkylation sites (N-methyl/N-ethyl adjacent to an activating group) is 1. The molecule has 1 atom stereocenters. The van der Waals surface area contributed by atoms with Gasteiger partial charge in [-0.25, -0.2) is 4.39 Å². The lowest BCUT2D eigenvalue weighted by atomic mass is 10.2. The summed E-state index contributed by atoms with van der Waals surface area (Å²) in [6.45, 7) is -0.663. The first-order valence-electron chi connectivity index (χ1n) is 7.65. The number of rotatable bonds is 7. The molecule has 1 N–H and O–H groups in total. The molecule has 0 spiro atoms. The number of anilines is 1. The molecule has 0 aliphatic heterocycles. The Bertz CT molecular complexity index is 690. The van der Waals surface area contributed by atoms with Crippen molar-refractivity contribution < 1.29 is 22.7 Å². The normalized spacial score (nSPS) is 12.3. The van der Waals surface area contributed by atoms with E-state index in [9.17, 15) is 18.0 Å². The van der Waals surface area contributed by atoms with Crippen LogP contribution in [0.15, 0.2) is 48.5 Å². The van der Waals surface area contributed by atoms with Crippen LogP contribution in [0.1, 0.15) is 12.5 Å². The number of amides is 1. The molecule has 134 valence electrons. The maximum atomic E-state index is 12.9. The zero-order valence-corrected chi connectivity index (χ0v) is 13.9. The minimum Gasteiger partial charge on any atom is -0.435 e. The largest absolute Gasteiger partial charge is 0.435 e. The molecule has 0 heterocycles. The van der Waals surface area contributed by atoms with Gasteiger partial charge in [0, 0.05) is 12.2 Å². The van der Waals surface area contributed by atoms with Crippen molar-refractivity contribution in [1.82, 2.24) is 4.90 Å². The smallest absolute Gasteiger partial charge is 0.387 e. The standard InChI is InChI=1S/C18H19F3N2O2/c1-12(23(2)11-13-3-5-14(19)6-4-13)17(24)22-15-7-9-16(10-8-15)25-18(20)21/h3-10,12,18H,11H2,1-2H3,(H,22,24). The van der Waals surface area contributed by atoms with E-state index < -0.39 is 12.7 Å². The minimum absolute atomic E-state index is 0.0227. The zero-order valence-electron chi connectivity index (χ0n) is 13.9. The van der Waals surface area contributed by atoms with Crippen molar-refractivity contribution in [3.63, 3.8) is 0 Å². The highest BCUT2D eigenvalue weighted by Crippen LogP contribution is 2.18. The molecule has 1 amide bonds. The summed E-state index contributed by atoms with van der Waals surface area (Å²) in [5.41, 5.74) is 1.37. The van der Waals surface area contributed by atoms with Gasteiger partial charge in [-0.1, -0.05) is 12.1 Å². The molecule has 2 aromatic carbocycles. The lowest BCUT2D eigenvalue weighted by Crippen LogP contribution is -2.39. The fourth-order valence-electron chi connectivity index (χ4n) is 2.18. The molecular weight excluding hydrogens is 333 g/mol. The zero-order chi connectivity index (χ0) is 18.4. The molecule has 0 aliphatic rings. The fourth-order valence-corrected chi connectivity index (χ4v) is 2.18. The van der Waals surface area contributed by atoms with Crippen LogP contribution >= 0.6 is 0 Å². The van der Waals surface area contributed by atoms with Gasteiger partial charge in [-0.15, -0.1) is 0 Å². The summed E-state index contributed by atoms with van der Waals surface area (Å²) in [7, 11) is 1.78. The summed E-state index contributed by atoms with van der Waals surface area (Å²) >= 11 is 0. The van der Waals surface area contributed by atoms with E-state index in [4.69, 9.17) is 0 Å². The maximum Gasteiger partial charge on any atom is 0.387 e. The van der Waals surface area contributed by atoms with E-state index in [1.54, 1.807) is 26.1 Å². The van der Waals surface area contributed by atoms with Crippen molar-refractivity contribution in [3.05, 3.63) is 59.9 Å². The van der Waals surface area contributed by atoms with E-state index in [2.05, 4.69) is 10.1 Å².